The molecule has 0 aliphatic heterocycles. The van der Waals surface area contributed by atoms with Gasteiger partial charge in [-0.25, -0.2) is 8.42 Å². The van der Waals surface area contributed by atoms with Gasteiger partial charge >= 0.3 is 0 Å². The maximum absolute atomic E-state index is 11.7. The van der Waals surface area contributed by atoms with Crippen molar-refractivity contribution in [2.45, 2.75) is 13.0 Å². The van der Waals surface area contributed by atoms with Gasteiger partial charge in [-0.05, 0) is 24.6 Å². The van der Waals surface area contributed by atoms with Gasteiger partial charge in [-0.2, -0.15) is 4.31 Å². The molecule has 1 amide bonds. The molecule has 7 heteroatoms. The molecule has 0 saturated heterocycles. The van der Waals surface area contributed by atoms with Gasteiger partial charge in [0, 0.05) is 12.1 Å². The molecule has 0 aromatic heterocycles. The average Bonchev–Trinajstić information content (AvgIpc) is 2.28. The number of carbonyl (C=O) groups excluding carboxylic acids is 1. The summed E-state index contributed by atoms with van der Waals surface area (Å²) in [5.41, 5.74) is 0.903. The molecule has 1 atom stereocenters. The molecule has 1 rings (SSSR count). The van der Waals surface area contributed by atoms with Gasteiger partial charge in [-0.3, -0.25) is 4.79 Å². The predicted molar refractivity (Wildman–Crippen MR) is 75.5 cm³/mol. The number of benzene rings is 1. The number of halogens is 1. The third kappa shape index (κ3) is 5.18. The molecule has 5 nitrogen and oxygen atoms in total. The van der Waals surface area contributed by atoms with Crippen molar-refractivity contribution >= 4 is 27.5 Å². The third-order valence-electron chi connectivity index (χ3n) is 2.68. The smallest absolute Gasteiger partial charge is 0.235 e. The summed E-state index contributed by atoms with van der Waals surface area (Å²) in [5.74, 6) is -0.352. The normalized spacial score (nSPS) is 13.3. The molecule has 1 aromatic carbocycles. The number of hydrogen-bond donors (Lipinski definition) is 1. The van der Waals surface area contributed by atoms with Crippen molar-refractivity contribution in [3.05, 3.63) is 34.9 Å². The molecule has 0 saturated carbocycles. The molecule has 0 radical (unpaired) electrons. The van der Waals surface area contributed by atoms with Gasteiger partial charge < -0.3 is 5.32 Å². The molecule has 1 aromatic rings. The van der Waals surface area contributed by atoms with Gasteiger partial charge in [0.15, 0.2) is 0 Å². The maximum atomic E-state index is 11.7. The topological polar surface area (TPSA) is 66.5 Å². The summed E-state index contributed by atoms with van der Waals surface area (Å²) in [6, 6.07) is 6.89. The minimum atomic E-state index is -3.35. The fourth-order valence-corrected chi connectivity index (χ4v) is 1.92. The van der Waals surface area contributed by atoms with Crippen molar-refractivity contribution in [2.24, 2.45) is 0 Å². The van der Waals surface area contributed by atoms with Gasteiger partial charge in [-0.1, -0.05) is 23.7 Å². The minimum absolute atomic E-state index is 0.198. The van der Waals surface area contributed by atoms with E-state index in [-0.39, 0.29) is 18.5 Å². The Bertz CT molecular complexity index is 543. The summed E-state index contributed by atoms with van der Waals surface area (Å²) < 4.78 is 23.4. The van der Waals surface area contributed by atoms with Crippen LogP contribution in [0.5, 0.6) is 0 Å². The van der Waals surface area contributed by atoms with E-state index in [1.54, 1.807) is 12.1 Å². The quantitative estimate of drug-likeness (QED) is 0.894. The van der Waals surface area contributed by atoms with Crippen molar-refractivity contribution < 1.29 is 13.2 Å². The summed E-state index contributed by atoms with van der Waals surface area (Å²) in [6.45, 7) is 1.62. The van der Waals surface area contributed by atoms with E-state index < -0.39 is 10.0 Å². The first-order valence-corrected chi connectivity index (χ1v) is 7.89. The Kier molecular flexibility index (Phi) is 5.34. The molecule has 0 unspecified atom stereocenters. The highest BCUT2D eigenvalue weighted by molar-refractivity contribution is 7.88. The van der Waals surface area contributed by atoms with E-state index in [1.165, 1.54) is 7.05 Å². The zero-order valence-corrected chi connectivity index (χ0v) is 12.6. The minimum Gasteiger partial charge on any atom is -0.348 e. The Labute approximate surface area is 118 Å². The molecule has 0 heterocycles. The zero-order valence-electron chi connectivity index (χ0n) is 11.1. The second kappa shape index (κ2) is 6.36. The van der Waals surface area contributed by atoms with E-state index in [4.69, 9.17) is 11.6 Å². The second-order valence-corrected chi connectivity index (χ2v) is 6.89. The van der Waals surface area contributed by atoms with Gasteiger partial charge in [0.2, 0.25) is 15.9 Å². The van der Waals surface area contributed by atoms with Crippen LogP contribution in [0.25, 0.3) is 0 Å². The van der Waals surface area contributed by atoms with E-state index in [1.807, 2.05) is 19.1 Å². The Hall–Kier alpha value is -1.11. The SMILES string of the molecule is C[C@@H](NC(=O)CN(C)S(C)(=O)=O)c1ccc(Cl)cc1. The van der Waals surface area contributed by atoms with Gasteiger partial charge in [-0.15, -0.1) is 0 Å². The van der Waals surface area contributed by atoms with Crippen LogP contribution in [0.2, 0.25) is 5.02 Å². The van der Waals surface area contributed by atoms with Crippen molar-refractivity contribution in [1.29, 1.82) is 0 Å². The van der Waals surface area contributed by atoms with Gasteiger partial charge in [0.05, 0.1) is 18.8 Å². The highest BCUT2D eigenvalue weighted by Crippen LogP contribution is 2.15. The Morgan fingerprint density at radius 3 is 2.37 bits per heavy atom. The Morgan fingerprint density at radius 2 is 1.89 bits per heavy atom. The molecule has 19 heavy (non-hydrogen) atoms. The zero-order chi connectivity index (χ0) is 14.6. The van der Waals surface area contributed by atoms with E-state index in [0.29, 0.717) is 5.02 Å². The van der Waals surface area contributed by atoms with E-state index in [2.05, 4.69) is 5.32 Å². The van der Waals surface area contributed by atoms with Crippen LogP contribution in [0.1, 0.15) is 18.5 Å². The summed E-state index contributed by atoms with van der Waals surface area (Å²) in [5, 5.41) is 3.35. The van der Waals surface area contributed by atoms with Gasteiger partial charge in [0.25, 0.3) is 0 Å². The van der Waals surface area contributed by atoms with Crippen LogP contribution >= 0.6 is 11.6 Å². The number of rotatable bonds is 5. The highest BCUT2D eigenvalue weighted by atomic mass is 35.5. The number of carbonyl (C=O) groups is 1. The number of amides is 1. The molecular weight excluding hydrogens is 288 g/mol. The van der Waals surface area contributed by atoms with E-state index in [9.17, 15) is 13.2 Å². The van der Waals surface area contributed by atoms with Crippen LogP contribution in [-0.4, -0.2) is 38.5 Å². The molecule has 106 valence electrons. The fourth-order valence-electron chi connectivity index (χ4n) is 1.44. The van der Waals surface area contributed by atoms with Crippen LogP contribution in [-0.2, 0) is 14.8 Å². The fraction of sp³-hybridized carbons (Fsp3) is 0.417. The van der Waals surface area contributed by atoms with Crippen LogP contribution in [0.3, 0.4) is 0 Å². The standard InChI is InChI=1S/C12H17ClN2O3S/c1-9(10-4-6-11(13)7-5-10)14-12(16)8-15(2)19(3,17)18/h4-7,9H,8H2,1-3H3,(H,14,16)/t9-/m1/s1. The lowest BCUT2D eigenvalue weighted by Crippen LogP contribution is -2.38. The monoisotopic (exact) mass is 304 g/mol. The third-order valence-corrected chi connectivity index (χ3v) is 4.19. The number of likely N-dealkylation sites (N-methyl/N-ethyl adjacent to an activating group) is 1. The molecule has 0 spiro atoms. The first-order chi connectivity index (χ1) is 8.70. The van der Waals surface area contributed by atoms with Crippen LogP contribution < -0.4 is 5.32 Å². The summed E-state index contributed by atoms with van der Waals surface area (Å²) in [4.78, 5) is 11.7. The summed E-state index contributed by atoms with van der Waals surface area (Å²) in [6.07, 6.45) is 1.06. The first-order valence-electron chi connectivity index (χ1n) is 5.66. The van der Waals surface area contributed by atoms with Crippen LogP contribution in [0, 0.1) is 0 Å². The number of hydrogen-bond acceptors (Lipinski definition) is 3. The van der Waals surface area contributed by atoms with Crippen molar-refractivity contribution in [1.82, 2.24) is 9.62 Å². The molecule has 0 aliphatic rings. The van der Waals surface area contributed by atoms with Crippen LogP contribution in [0.15, 0.2) is 24.3 Å². The Balaban J connectivity index is 2.60. The molecule has 1 N–H and O–H groups in total. The first kappa shape index (κ1) is 15.9. The highest BCUT2D eigenvalue weighted by Gasteiger charge is 2.16. The number of nitrogens with zero attached hydrogens (tertiary/aromatic N) is 1. The second-order valence-electron chi connectivity index (χ2n) is 4.36. The van der Waals surface area contributed by atoms with E-state index in [0.717, 1.165) is 16.1 Å². The Morgan fingerprint density at radius 1 is 1.37 bits per heavy atom. The predicted octanol–water partition coefficient (Wildman–Crippen LogP) is 1.41. The van der Waals surface area contributed by atoms with Gasteiger partial charge in [0.1, 0.15) is 0 Å². The molecule has 0 bridgehead atoms. The maximum Gasteiger partial charge on any atom is 0.235 e. The summed E-state index contributed by atoms with van der Waals surface area (Å²) in [7, 11) is -1.99. The lowest BCUT2D eigenvalue weighted by Gasteiger charge is -2.17. The lowest BCUT2D eigenvalue weighted by atomic mass is 10.1. The molecular formula is C12H17ClN2O3S. The number of nitrogens with one attached hydrogen (secondary N) is 1. The van der Waals surface area contributed by atoms with Crippen molar-refractivity contribution in [3.8, 4) is 0 Å². The molecule has 0 aliphatic carbocycles. The van der Waals surface area contributed by atoms with E-state index >= 15 is 0 Å². The molecule has 0 fully saturated rings. The average molecular weight is 305 g/mol. The lowest BCUT2D eigenvalue weighted by molar-refractivity contribution is -0.121. The van der Waals surface area contributed by atoms with Crippen LogP contribution in [0.4, 0.5) is 0 Å². The largest absolute Gasteiger partial charge is 0.348 e. The summed E-state index contributed by atoms with van der Waals surface area (Å²) >= 11 is 5.78. The van der Waals surface area contributed by atoms with Crippen molar-refractivity contribution in [2.75, 3.05) is 19.8 Å². The number of sulfonamides is 1. The van der Waals surface area contributed by atoms with Crippen molar-refractivity contribution in [3.63, 3.8) is 0 Å².